The number of ether oxygens (including phenoxy) is 1. The van der Waals surface area contributed by atoms with Gasteiger partial charge in [0.2, 0.25) is 0 Å². The maximum absolute atomic E-state index is 6.41. The first kappa shape index (κ1) is 21.4. The van der Waals surface area contributed by atoms with Crippen LogP contribution in [0.4, 0.5) is 5.82 Å². The lowest BCUT2D eigenvalue weighted by Gasteiger charge is -2.30. The predicted octanol–water partition coefficient (Wildman–Crippen LogP) is 4.95. The smallest absolute Gasteiger partial charge is 0.141 e. The summed E-state index contributed by atoms with van der Waals surface area (Å²) in [6, 6.07) is 6.41. The van der Waals surface area contributed by atoms with E-state index in [-0.39, 0.29) is 6.10 Å². The van der Waals surface area contributed by atoms with Gasteiger partial charge in [0, 0.05) is 49.7 Å². The number of pyridine rings is 2. The predicted molar refractivity (Wildman–Crippen MR) is 130 cm³/mol. The largest absolute Gasteiger partial charge is 0.489 e. The normalized spacial score (nSPS) is 18.7. The molecule has 33 heavy (non-hydrogen) atoms. The van der Waals surface area contributed by atoms with E-state index in [1.165, 1.54) is 0 Å². The highest BCUT2D eigenvalue weighted by Gasteiger charge is 2.27. The highest BCUT2D eigenvalue weighted by atomic mass is 16.5. The Balaban J connectivity index is 1.39. The standard InChI is InChI=1S/C25H31N7O/c1-16(2)24-22(6-5-11-27-24)33-19-9-7-18(8-10-19)32-21-12-23(26-3)28-14-20(21)25(30-32)17-13-29-31(4)15-17/h5-6,11-16,18-19H,7-10H2,1-4H3,(H,26,28). The van der Waals surface area contributed by atoms with Crippen LogP contribution in [0.15, 0.2) is 43.0 Å². The molecule has 0 aromatic carbocycles. The third-order valence-electron chi connectivity index (χ3n) is 6.46. The Kier molecular flexibility index (Phi) is 5.74. The summed E-state index contributed by atoms with van der Waals surface area (Å²) in [7, 11) is 3.82. The molecule has 1 aliphatic carbocycles. The summed E-state index contributed by atoms with van der Waals surface area (Å²) >= 11 is 0. The molecule has 4 aromatic rings. The molecule has 1 aliphatic rings. The van der Waals surface area contributed by atoms with Gasteiger partial charge < -0.3 is 10.1 Å². The molecule has 5 rings (SSSR count). The maximum Gasteiger partial charge on any atom is 0.141 e. The number of hydrogen-bond donors (Lipinski definition) is 1. The second-order valence-corrected chi connectivity index (χ2v) is 9.12. The Morgan fingerprint density at radius 3 is 2.64 bits per heavy atom. The van der Waals surface area contributed by atoms with Crippen molar-refractivity contribution in [3.8, 4) is 17.0 Å². The Hall–Kier alpha value is -3.42. The number of nitrogens with one attached hydrogen (secondary N) is 1. The lowest BCUT2D eigenvalue weighted by molar-refractivity contribution is 0.129. The molecule has 0 atom stereocenters. The first-order valence-electron chi connectivity index (χ1n) is 11.7. The third-order valence-corrected chi connectivity index (χ3v) is 6.46. The lowest BCUT2D eigenvalue weighted by Crippen LogP contribution is -2.26. The van der Waals surface area contributed by atoms with Crippen LogP contribution < -0.4 is 10.1 Å². The molecule has 4 heterocycles. The second kappa shape index (κ2) is 8.84. The summed E-state index contributed by atoms with van der Waals surface area (Å²) in [6.45, 7) is 4.31. The number of hydrogen-bond acceptors (Lipinski definition) is 6. The van der Waals surface area contributed by atoms with Crippen LogP contribution in [0.3, 0.4) is 0 Å². The molecule has 1 N–H and O–H groups in total. The molecule has 1 fully saturated rings. The number of nitrogens with zero attached hydrogens (tertiary/aromatic N) is 6. The van der Waals surface area contributed by atoms with Crippen molar-refractivity contribution < 1.29 is 4.74 Å². The van der Waals surface area contributed by atoms with Crippen molar-refractivity contribution in [3.63, 3.8) is 0 Å². The molecule has 1 saturated carbocycles. The SMILES string of the molecule is CNc1cc2c(cn1)c(-c1cnn(C)c1)nn2C1CCC(Oc2cccnc2C(C)C)CC1. The summed E-state index contributed by atoms with van der Waals surface area (Å²) in [5.41, 5.74) is 4.08. The Morgan fingerprint density at radius 2 is 1.94 bits per heavy atom. The van der Waals surface area contributed by atoms with Gasteiger partial charge in [0.05, 0.1) is 29.6 Å². The van der Waals surface area contributed by atoms with E-state index in [2.05, 4.69) is 45.0 Å². The topological polar surface area (TPSA) is 82.7 Å². The zero-order chi connectivity index (χ0) is 22.9. The maximum atomic E-state index is 6.41. The minimum absolute atomic E-state index is 0.206. The highest BCUT2D eigenvalue weighted by molar-refractivity contribution is 5.93. The van der Waals surface area contributed by atoms with E-state index < -0.39 is 0 Å². The molecule has 0 amide bonds. The van der Waals surface area contributed by atoms with Gasteiger partial charge in [-0.1, -0.05) is 13.8 Å². The first-order valence-corrected chi connectivity index (χ1v) is 11.7. The lowest BCUT2D eigenvalue weighted by atomic mass is 9.92. The molecule has 0 unspecified atom stereocenters. The van der Waals surface area contributed by atoms with E-state index in [4.69, 9.17) is 9.84 Å². The van der Waals surface area contributed by atoms with Gasteiger partial charge in [-0.05, 0) is 43.7 Å². The summed E-state index contributed by atoms with van der Waals surface area (Å²) in [5, 5.41) is 13.6. The average molecular weight is 446 g/mol. The van der Waals surface area contributed by atoms with Gasteiger partial charge in [0.25, 0.3) is 0 Å². The van der Waals surface area contributed by atoms with Crippen LogP contribution in [-0.4, -0.2) is 42.7 Å². The van der Waals surface area contributed by atoms with Crippen molar-refractivity contribution in [2.45, 2.75) is 57.6 Å². The summed E-state index contributed by atoms with van der Waals surface area (Å²) in [6.07, 6.45) is 11.8. The van der Waals surface area contributed by atoms with Crippen molar-refractivity contribution in [1.82, 2.24) is 29.5 Å². The van der Waals surface area contributed by atoms with E-state index in [1.54, 1.807) is 0 Å². The molecule has 0 aliphatic heterocycles. The van der Waals surface area contributed by atoms with Gasteiger partial charge in [-0.25, -0.2) is 4.98 Å². The molecule has 0 radical (unpaired) electrons. The minimum atomic E-state index is 0.206. The van der Waals surface area contributed by atoms with Crippen LogP contribution in [0.25, 0.3) is 22.2 Å². The third kappa shape index (κ3) is 4.17. The fourth-order valence-electron chi connectivity index (χ4n) is 4.73. The molecule has 0 saturated heterocycles. The van der Waals surface area contributed by atoms with Crippen molar-refractivity contribution in [2.75, 3.05) is 12.4 Å². The van der Waals surface area contributed by atoms with E-state index in [9.17, 15) is 0 Å². The van der Waals surface area contributed by atoms with Crippen molar-refractivity contribution >= 4 is 16.7 Å². The quantitative estimate of drug-likeness (QED) is 0.452. The molecule has 8 heteroatoms. The van der Waals surface area contributed by atoms with Gasteiger partial charge >= 0.3 is 0 Å². The number of anilines is 1. The van der Waals surface area contributed by atoms with Crippen LogP contribution in [0.1, 0.15) is 57.2 Å². The highest BCUT2D eigenvalue weighted by Crippen LogP contribution is 2.37. The van der Waals surface area contributed by atoms with E-state index in [0.29, 0.717) is 12.0 Å². The first-order chi connectivity index (χ1) is 16.0. The van der Waals surface area contributed by atoms with Crippen LogP contribution in [0.2, 0.25) is 0 Å². The van der Waals surface area contributed by atoms with Crippen LogP contribution in [0, 0.1) is 0 Å². The zero-order valence-corrected chi connectivity index (χ0v) is 19.7. The van der Waals surface area contributed by atoms with Gasteiger partial charge in [-0.3, -0.25) is 14.3 Å². The summed E-state index contributed by atoms with van der Waals surface area (Å²) < 4.78 is 10.4. The Morgan fingerprint density at radius 1 is 1.12 bits per heavy atom. The Bertz CT molecular complexity index is 1250. The molecule has 8 nitrogen and oxygen atoms in total. The average Bonchev–Trinajstić information content (AvgIpc) is 3.43. The van der Waals surface area contributed by atoms with Gasteiger partial charge in [-0.2, -0.15) is 10.2 Å². The number of aromatic nitrogens is 6. The number of aryl methyl sites for hydroxylation is 1. The minimum Gasteiger partial charge on any atom is -0.489 e. The number of rotatable bonds is 6. The molecule has 0 bridgehead atoms. The number of fused-ring (bicyclic) bond motifs is 1. The fourth-order valence-corrected chi connectivity index (χ4v) is 4.73. The van der Waals surface area contributed by atoms with Gasteiger partial charge in [0.15, 0.2) is 0 Å². The molecule has 0 spiro atoms. The summed E-state index contributed by atoms with van der Waals surface area (Å²) in [4.78, 5) is 9.07. The molecule has 172 valence electrons. The van der Waals surface area contributed by atoms with E-state index in [0.717, 1.165) is 65.1 Å². The fraction of sp³-hybridized carbons (Fsp3) is 0.440. The summed E-state index contributed by atoms with van der Waals surface area (Å²) in [5.74, 6) is 2.11. The van der Waals surface area contributed by atoms with E-state index in [1.807, 2.05) is 55.7 Å². The van der Waals surface area contributed by atoms with Gasteiger partial charge in [-0.15, -0.1) is 0 Å². The zero-order valence-electron chi connectivity index (χ0n) is 19.7. The monoisotopic (exact) mass is 445 g/mol. The molecular formula is C25H31N7O. The second-order valence-electron chi connectivity index (χ2n) is 9.12. The Labute approximate surface area is 194 Å². The van der Waals surface area contributed by atoms with Crippen molar-refractivity contribution in [1.29, 1.82) is 0 Å². The van der Waals surface area contributed by atoms with Crippen molar-refractivity contribution in [2.24, 2.45) is 7.05 Å². The van der Waals surface area contributed by atoms with Crippen molar-refractivity contribution in [3.05, 3.63) is 48.7 Å². The van der Waals surface area contributed by atoms with Crippen LogP contribution in [0.5, 0.6) is 5.75 Å². The van der Waals surface area contributed by atoms with Crippen LogP contribution >= 0.6 is 0 Å². The van der Waals surface area contributed by atoms with E-state index >= 15 is 0 Å². The van der Waals surface area contributed by atoms with Gasteiger partial charge in [0.1, 0.15) is 17.3 Å². The van der Waals surface area contributed by atoms with Crippen LogP contribution in [-0.2, 0) is 7.05 Å². The molecule has 4 aromatic heterocycles. The molecular weight excluding hydrogens is 414 g/mol.